The van der Waals surface area contributed by atoms with Gasteiger partial charge in [-0.15, -0.1) is 0 Å². The molecule has 1 aromatic carbocycles. The molecule has 2 nitrogen and oxygen atoms in total. The van der Waals surface area contributed by atoms with Crippen LogP contribution >= 0.6 is 0 Å². The summed E-state index contributed by atoms with van der Waals surface area (Å²) in [5.74, 6) is -0.174. The fourth-order valence-corrected chi connectivity index (χ4v) is 2.61. The minimum absolute atomic E-state index is 0.174. The molecule has 0 radical (unpaired) electrons. The van der Waals surface area contributed by atoms with E-state index in [0.717, 1.165) is 24.1 Å². The average molecular weight is 223 g/mol. The fourth-order valence-electron chi connectivity index (χ4n) is 2.61. The Bertz CT molecular complexity index is 378. The van der Waals surface area contributed by atoms with Crippen LogP contribution in [-0.2, 0) is 6.42 Å². The maximum absolute atomic E-state index is 13.1. The van der Waals surface area contributed by atoms with Crippen LogP contribution in [0.2, 0.25) is 0 Å². The first-order chi connectivity index (χ1) is 7.63. The number of benzene rings is 1. The van der Waals surface area contributed by atoms with E-state index in [4.69, 9.17) is 5.11 Å². The van der Waals surface area contributed by atoms with Crippen LogP contribution in [0.25, 0.3) is 0 Å². The first-order valence-corrected chi connectivity index (χ1v) is 5.81. The summed E-state index contributed by atoms with van der Waals surface area (Å²) < 4.78 is 13.1. The molecule has 1 N–H and O–H groups in total. The van der Waals surface area contributed by atoms with Crippen molar-refractivity contribution in [3.05, 3.63) is 29.6 Å². The lowest BCUT2D eigenvalue weighted by atomic mass is 10.1. The van der Waals surface area contributed by atoms with Crippen LogP contribution in [0.4, 0.5) is 10.1 Å². The largest absolute Gasteiger partial charge is 0.396 e. The average Bonchev–Trinajstić information content (AvgIpc) is 2.55. The van der Waals surface area contributed by atoms with Gasteiger partial charge in [0.15, 0.2) is 0 Å². The zero-order valence-electron chi connectivity index (χ0n) is 9.78. The molecule has 0 aliphatic carbocycles. The summed E-state index contributed by atoms with van der Waals surface area (Å²) in [6, 6.07) is 5.66. The van der Waals surface area contributed by atoms with Crippen molar-refractivity contribution in [2.45, 2.75) is 38.8 Å². The molecular formula is C13H18FNO. The number of aliphatic hydroxyl groups excluding tert-OH is 1. The predicted octanol–water partition coefficient (Wildman–Crippen LogP) is 2.35. The first-order valence-electron chi connectivity index (χ1n) is 5.81. The first kappa shape index (κ1) is 11.4. The van der Waals surface area contributed by atoms with Crippen LogP contribution < -0.4 is 4.90 Å². The molecular weight excluding hydrogens is 205 g/mol. The SMILES string of the molecule is CC(C)N1c2ccc(F)cc2CC1CCO. The molecule has 16 heavy (non-hydrogen) atoms. The van der Waals surface area contributed by atoms with Crippen LogP contribution in [0.5, 0.6) is 0 Å². The van der Waals surface area contributed by atoms with Crippen molar-refractivity contribution in [1.29, 1.82) is 0 Å². The Balaban J connectivity index is 2.33. The molecule has 0 saturated heterocycles. The Morgan fingerprint density at radius 2 is 2.25 bits per heavy atom. The molecule has 0 fully saturated rings. The zero-order valence-corrected chi connectivity index (χ0v) is 9.78. The van der Waals surface area contributed by atoms with E-state index in [-0.39, 0.29) is 12.4 Å². The van der Waals surface area contributed by atoms with E-state index >= 15 is 0 Å². The number of aliphatic hydroxyl groups is 1. The van der Waals surface area contributed by atoms with E-state index < -0.39 is 0 Å². The molecule has 0 saturated carbocycles. The molecule has 0 aromatic heterocycles. The smallest absolute Gasteiger partial charge is 0.123 e. The molecule has 3 heteroatoms. The summed E-state index contributed by atoms with van der Waals surface area (Å²) in [6.45, 7) is 4.44. The minimum atomic E-state index is -0.174. The summed E-state index contributed by atoms with van der Waals surface area (Å²) in [5, 5.41) is 9.06. The summed E-state index contributed by atoms with van der Waals surface area (Å²) in [7, 11) is 0. The molecule has 1 aliphatic rings. The molecule has 0 bridgehead atoms. The molecule has 1 unspecified atom stereocenters. The number of hydrogen-bond donors (Lipinski definition) is 1. The third-order valence-electron chi connectivity index (χ3n) is 3.19. The van der Waals surface area contributed by atoms with Crippen molar-refractivity contribution in [3.63, 3.8) is 0 Å². The lowest BCUT2D eigenvalue weighted by Gasteiger charge is -2.31. The maximum atomic E-state index is 13.1. The van der Waals surface area contributed by atoms with Crippen LogP contribution in [0.3, 0.4) is 0 Å². The van der Waals surface area contributed by atoms with Crippen molar-refractivity contribution < 1.29 is 9.50 Å². The van der Waals surface area contributed by atoms with Gasteiger partial charge in [-0.2, -0.15) is 0 Å². The van der Waals surface area contributed by atoms with Gasteiger partial charge < -0.3 is 10.0 Å². The second-order valence-corrected chi connectivity index (χ2v) is 4.64. The Kier molecular flexibility index (Phi) is 3.15. The van der Waals surface area contributed by atoms with Crippen LogP contribution in [0, 0.1) is 5.82 Å². The lowest BCUT2D eigenvalue weighted by molar-refractivity contribution is 0.272. The summed E-state index contributed by atoms with van der Waals surface area (Å²) >= 11 is 0. The van der Waals surface area contributed by atoms with Gasteiger partial charge in [-0.3, -0.25) is 0 Å². The number of rotatable bonds is 3. The van der Waals surface area contributed by atoms with E-state index in [1.807, 2.05) is 6.07 Å². The van der Waals surface area contributed by atoms with Gasteiger partial charge in [0.25, 0.3) is 0 Å². The quantitative estimate of drug-likeness (QED) is 0.850. The number of nitrogens with zero attached hydrogens (tertiary/aromatic N) is 1. The topological polar surface area (TPSA) is 23.5 Å². The molecule has 1 heterocycles. The third-order valence-corrected chi connectivity index (χ3v) is 3.19. The summed E-state index contributed by atoms with van der Waals surface area (Å²) in [5.41, 5.74) is 2.18. The highest BCUT2D eigenvalue weighted by molar-refractivity contribution is 5.60. The van der Waals surface area contributed by atoms with Gasteiger partial charge in [0.2, 0.25) is 0 Å². The van der Waals surface area contributed by atoms with Gasteiger partial charge >= 0.3 is 0 Å². The maximum Gasteiger partial charge on any atom is 0.123 e. The Hall–Kier alpha value is -1.09. The highest BCUT2D eigenvalue weighted by Gasteiger charge is 2.30. The van der Waals surface area contributed by atoms with Gasteiger partial charge in [-0.25, -0.2) is 4.39 Å². The van der Waals surface area contributed by atoms with E-state index in [2.05, 4.69) is 18.7 Å². The van der Waals surface area contributed by atoms with Crippen LogP contribution in [0.1, 0.15) is 25.8 Å². The van der Waals surface area contributed by atoms with Crippen molar-refractivity contribution in [2.24, 2.45) is 0 Å². The Labute approximate surface area is 95.7 Å². The monoisotopic (exact) mass is 223 g/mol. The Morgan fingerprint density at radius 1 is 1.50 bits per heavy atom. The predicted molar refractivity (Wildman–Crippen MR) is 63.2 cm³/mol. The van der Waals surface area contributed by atoms with Crippen molar-refractivity contribution in [3.8, 4) is 0 Å². The molecule has 88 valence electrons. The van der Waals surface area contributed by atoms with Crippen molar-refractivity contribution >= 4 is 5.69 Å². The van der Waals surface area contributed by atoms with Gasteiger partial charge in [-0.05, 0) is 50.5 Å². The Morgan fingerprint density at radius 3 is 2.88 bits per heavy atom. The van der Waals surface area contributed by atoms with Crippen molar-refractivity contribution in [1.82, 2.24) is 0 Å². The van der Waals surface area contributed by atoms with Crippen LogP contribution in [0.15, 0.2) is 18.2 Å². The second-order valence-electron chi connectivity index (χ2n) is 4.64. The van der Waals surface area contributed by atoms with Gasteiger partial charge in [0.05, 0.1) is 0 Å². The lowest BCUT2D eigenvalue weighted by Crippen LogP contribution is -2.38. The van der Waals surface area contributed by atoms with Gasteiger partial charge in [0, 0.05) is 24.4 Å². The standard InChI is InChI=1S/C13H18FNO/c1-9(2)15-12(5-6-16)8-10-7-11(14)3-4-13(10)15/h3-4,7,9,12,16H,5-6,8H2,1-2H3. The molecule has 0 amide bonds. The molecule has 1 aliphatic heterocycles. The number of hydrogen-bond acceptors (Lipinski definition) is 2. The molecule has 1 aromatic rings. The van der Waals surface area contributed by atoms with Gasteiger partial charge in [-0.1, -0.05) is 0 Å². The van der Waals surface area contributed by atoms with E-state index in [1.54, 1.807) is 6.07 Å². The molecule has 2 rings (SSSR count). The highest BCUT2D eigenvalue weighted by Crippen LogP contribution is 2.35. The minimum Gasteiger partial charge on any atom is -0.396 e. The highest BCUT2D eigenvalue weighted by atomic mass is 19.1. The number of halogens is 1. The third kappa shape index (κ3) is 1.92. The summed E-state index contributed by atoms with van der Waals surface area (Å²) in [6.07, 6.45) is 1.58. The van der Waals surface area contributed by atoms with E-state index in [1.165, 1.54) is 6.07 Å². The second kappa shape index (κ2) is 4.42. The number of fused-ring (bicyclic) bond motifs is 1. The van der Waals surface area contributed by atoms with Crippen LogP contribution in [-0.4, -0.2) is 23.8 Å². The zero-order chi connectivity index (χ0) is 11.7. The normalized spacial score (nSPS) is 19.3. The molecule has 0 spiro atoms. The van der Waals surface area contributed by atoms with Crippen molar-refractivity contribution in [2.75, 3.05) is 11.5 Å². The van der Waals surface area contributed by atoms with Gasteiger partial charge in [0.1, 0.15) is 5.82 Å². The fraction of sp³-hybridized carbons (Fsp3) is 0.538. The molecule has 1 atom stereocenters. The van der Waals surface area contributed by atoms with E-state index in [9.17, 15) is 4.39 Å². The number of anilines is 1. The summed E-state index contributed by atoms with van der Waals surface area (Å²) in [4.78, 5) is 2.28. The van der Waals surface area contributed by atoms with E-state index in [0.29, 0.717) is 12.1 Å².